The second-order valence-corrected chi connectivity index (χ2v) is 3.96. The Balaban J connectivity index is 2.81. The number of phenols is 1. The number of phenolic OH excluding ortho intramolecular Hbond substituents is 1. The Labute approximate surface area is 109 Å². The van der Waals surface area contributed by atoms with E-state index in [1.165, 1.54) is 31.0 Å². The molecular weight excluding hydrogens is 252 g/mol. The summed E-state index contributed by atoms with van der Waals surface area (Å²) in [5.41, 5.74) is -0.0742. The lowest BCUT2D eigenvalue weighted by Gasteiger charge is -2.15. The van der Waals surface area contributed by atoms with Gasteiger partial charge in [0.2, 0.25) is 11.8 Å². The minimum atomic E-state index is -1.17. The van der Waals surface area contributed by atoms with Crippen LogP contribution >= 0.6 is 0 Å². The van der Waals surface area contributed by atoms with Crippen LogP contribution in [0.25, 0.3) is 0 Å². The van der Waals surface area contributed by atoms with Crippen LogP contribution in [0.15, 0.2) is 18.2 Å². The highest BCUT2D eigenvalue weighted by Gasteiger charge is 2.13. The van der Waals surface area contributed by atoms with Crippen LogP contribution < -0.4 is 5.32 Å². The van der Waals surface area contributed by atoms with E-state index in [1.807, 2.05) is 0 Å². The fourth-order valence-electron chi connectivity index (χ4n) is 1.29. The van der Waals surface area contributed by atoms with Gasteiger partial charge in [-0.15, -0.1) is 0 Å². The molecule has 2 amide bonds. The number of rotatable bonds is 4. The first-order valence-corrected chi connectivity index (χ1v) is 5.39. The van der Waals surface area contributed by atoms with Crippen LogP contribution in [0, 0.1) is 0 Å². The van der Waals surface area contributed by atoms with E-state index in [2.05, 4.69) is 5.32 Å². The van der Waals surface area contributed by atoms with Crippen LogP contribution in [0.2, 0.25) is 0 Å². The molecule has 19 heavy (non-hydrogen) atoms. The lowest BCUT2D eigenvalue weighted by Crippen LogP contribution is -2.33. The van der Waals surface area contributed by atoms with Gasteiger partial charge in [0.05, 0.1) is 17.8 Å². The van der Waals surface area contributed by atoms with E-state index in [4.69, 9.17) is 5.11 Å². The first-order valence-electron chi connectivity index (χ1n) is 5.39. The summed E-state index contributed by atoms with van der Waals surface area (Å²) in [6.07, 6.45) is 0. The van der Waals surface area contributed by atoms with Gasteiger partial charge in [0, 0.05) is 14.0 Å². The van der Waals surface area contributed by atoms with Gasteiger partial charge in [0.25, 0.3) is 0 Å². The van der Waals surface area contributed by atoms with Crippen molar-refractivity contribution >= 4 is 23.5 Å². The van der Waals surface area contributed by atoms with E-state index < -0.39 is 11.9 Å². The van der Waals surface area contributed by atoms with Crippen molar-refractivity contribution in [3.63, 3.8) is 0 Å². The second-order valence-electron chi connectivity index (χ2n) is 3.96. The number of carboxylic acids is 1. The molecule has 3 N–H and O–H groups in total. The number of nitrogens with zero attached hydrogens (tertiary/aromatic N) is 1. The number of carboxylic acid groups (broad SMARTS) is 1. The zero-order valence-electron chi connectivity index (χ0n) is 10.5. The number of likely N-dealkylation sites (N-methyl/N-ethyl adjacent to an activating group) is 1. The highest BCUT2D eigenvalue weighted by Crippen LogP contribution is 2.24. The van der Waals surface area contributed by atoms with Crippen LogP contribution in [0.5, 0.6) is 5.75 Å². The zero-order chi connectivity index (χ0) is 14.6. The minimum Gasteiger partial charge on any atom is -0.506 e. The van der Waals surface area contributed by atoms with Crippen molar-refractivity contribution in [2.45, 2.75) is 6.92 Å². The molecule has 0 saturated carbocycles. The number of hydrogen-bond donors (Lipinski definition) is 3. The Hall–Kier alpha value is -2.57. The molecule has 0 aliphatic carbocycles. The monoisotopic (exact) mass is 266 g/mol. The van der Waals surface area contributed by atoms with E-state index in [9.17, 15) is 19.5 Å². The molecule has 0 heterocycles. The molecule has 1 rings (SSSR count). The van der Waals surface area contributed by atoms with Gasteiger partial charge in [0.1, 0.15) is 5.75 Å². The Morgan fingerprint density at radius 2 is 1.95 bits per heavy atom. The van der Waals surface area contributed by atoms with Crippen LogP contribution in [-0.4, -0.2) is 46.5 Å². The summed E-state index contributed by atoms with van der Waals surface area (Å²) in [5, 5.41) is 20.7. The molecule has 7 heteroatoms. The molecule has 0 spiro atoms. The first kappa shape index (κ1) is 14.5. The van der Waals surface area contributed by atoms with Crippen LogP contribution in [0.4, 0.5) is 5.69 Å². The summed E-state index contributed by atoms with van der Waals surface area (Å²) in [4.78, 5) is 34.5. The van der Waals surface area contributed by atoms with Crippen LogP contribution in [0.1, 0.15) is 17.3 Å². The third-order valence-electron chi connectivity index (χ3n) is 2.44. The molecule has 102 valence electrons. The normalized spacial score (nSPS) is 9.79. The molecule has 1 aromatic carbocycles. The van der Waals surface area contributed by atoms with E-state index in [0.717, 1.165) is 6.07 Å². The third kappa shape index (κ3) is 3.98. The van der Waals surface area contributed by atoms with E-state index in [0.29, 0.717) is 0 Å². The summed E-state index contributed by atoms with van der Waals surface area (Å²) in [6, 6.07) is 3.53. The molecule has 0 saturated heterocycles. The molecule has 0 bridgehead atoms. The molecule has 0 atom stereocenters. The number of aromatic hydroxyl groups is 1. The topological polar surface area (TPSA) is 107 Å². The standard InChI is InChI=1S/C12H14N2O5/c1-7(15)14(2)6-11(17)13-9-5-8(12(18)19)3-4-10(9)16/h3-5,16H,6H2,1-2H3,(H,13,17)(H,18,19). The van der Waals surface area contributed by atoms with Crippen molar-refractivity contribution in [2.75, 3.05) is 18.9 Å². The quantitative estimate of drug-likeness (QED) is 0.688. The van der Waals surface area contributed by atoms with Crippen molar-refractivity contribution in [1.82, 2.24) is 4.90 Å². The molecule has 0 fully saturated rings. The predicted octanol–water partition coefficient (Wildman–Crippen LogP) is 0.507. The number of nitrogens with one attached hydrogen (secondary N) is 1. The SMILES string of the molecule is CC(=O)N(C)CC(=O)Nc1cc(C(=O)O)ccc1O. The Bertz CT molecular complexity index is 527. The number of aromatic carboxylic acids is 1. The van der Waals surface area contributed by atoms with Gasteiger partial charge in [-0.2, -0.15) is 0 Å². The summed E-state index contributed by atoms with van der Waals surface area (Å²) >= 11 is 0. The fraction of sp³-hybridized carbons (Fsp3) is 0.250. The predicted molar refractivity (Wildman–Crippen MR) is 67.0 cm³/mol. The molecule has 1 aromatic rings. The van der Waals surface area contributed by atoms with Crippen molar-refractivity contribution < 1.29 is 24.6 Å². The minimum absolute atomic E-state index is 0.0122. The zero-order valence-corrected chi connectivity index (χ0v) is 10.5. The summed E-state index contributed by atoms with van der Waals surface area (Å²) < 4.78 is 0. The molecule has 0 aromatic heterocycles. The van der Waals surface area contributed by atoms with E-state index in [-0.39, 0.29) is 29.5 Å². The Morgan fingerprint density at radius 1 is 1.32 bits per heavy atom. The van der Waals surface area contributed by atoms with Crippen molar-refractivity contribution in [1.29, 1.82) is 0 Å². The van der Waals surface area contributed by atoms with Gasteiger partial charge in [-0.05, 0) is 18.2 Å². The van der Waals surface area contributed by atoms with Gasteiger partial charge in [-0.25, -0.2) is 4.79 Å². The average Bonchev–Trinajstić information content (AvgIpc) is 2.31. The second kappa shape index (κ2) is 5.85. The molecule has 0 radical (unpaired) electrons. The highest BCUT2D eigenvalue weighted by molar-refractivity contribution is 5.97. The van der Waals surface area contributed by atoms with Gasteiger partial charge < -0.3 is 20.4 Å². The fourth-order valence-corrected chi connectivity index (χ4v) is 1.29. The van der Waals surface area contributed by atoms with E-state index in [1.54, 1.807) is 0 Å². The van der Waals surface area contributed by atoms with Gasteiger partial charge in [0.15, 0.2) is 0 Å². The molecule has 0 aliphatic rings. The smallest absolute Gasteiger partial charge is 0.335 e. The summed E-state index contributed by atoms with van der Waals surface area (Å²) in [5.74, 6) is -2.23. The first-order chi connectivity index (χ1) is 8.81. The summed E-state index contributed by atoms with van der Waals surface area (Å²) in [7, 11) is 1.45. The molecule has 0 unspecified atom stereocenters. The van der Waals surface area contributed by atoms with Crippen molar-refractivity contribution in [2.24, 2.45) is 0 Å². The average molecular weight is 266 g/mol. The lowest BCUT2D eigenvalue weighted by atomic mass is 10.2. The number of benzene rings is 1. The Morgan fingerprint density at radius 3 is 2.47 bits per heavy atom. The maximum Gasteiger partial charge on any atom is 0.335 e. The van der Waals surface area contributed by atoms with Gasteiger partial charge >= 0.3 is 5.97 Å². The van der Waals surface area contributed by atoms with E-state index >= 15 is 0 Å². The van der Waals surface area contributed by atoms with Gasteiger partial charge in [-0.1, -0.05) is 0 Å². The Kier molecular flexibility index (Phi) is 4.46. The number of carbonyl (C=O) groups is 3. The van der Waals surface area contributed by atoms with Crippen LogP contribution in [-0.2, 0) is 9.59 Å². The number of carbonyl (C=O) groups excluding carboxylic acids is 2. The maximum absolute atomic E-state index is 11.6. The molecule has 0 aliphatic heterocycles. The van der Waals surface area contributed by atoms with Gasteiger partial charge in [-0.3, -0.25) is 9.59 Å². The largest absolute Gasteiger partial charge is 0.506 e. The van der Waals surface area contributed by atoms with Crippen molar-refractivity contribution in [3.05, 3.63) is 23.8 Å². The lowest BCUT2D eigenvalue weighted by molar-refractivity contribution is -0.131. The van der Waals surface area contributed by atoms with Crippen LogP contribution in [0.3, 0.4) is 0 Å². The summed E-state index contributed by atoms with van der Waals surface area (Å²) in [6.45, 7) is 1.13. The third-order valence-corrected chi connectivity index (χ3v) is 2.44. The molecule has 7 nitrogen and oxygen atoms in total. The van der Waals surface area contributed by atoms with Crippen molar-refractivity contribution in [3.8, 4) is 5.75 Å². The maximum atomic E-state index is 11.6. The number of anilines is 1. The highest BCUT2D eigenvalue weighted by atomic mass is 16.4. The molecular formula is C12H14N2O5. The number of amides is 2. The number of hydrogen-bond acceptors (Lipinski definition) is 4.